The summed E-state index contributed by atoms with van der Waals surface area (Å²) in [7, 11) is 2.08. The fourth-order valence-corrected chi connectivity index (χ4v) is 4.50. The van der Waals surface area contributed by atoms with Crippen LogP contribution >= 0.6 is 0 Å². The Kier molecular flexibility index (Phi) is 5.71. The van der Waals surface area contributed by atoms with Crippen molar-refractivity contribution in [3.05, 3.63) is 84.9 Å². The van der Waals surface area contributed by atoms with E-state index in [1.54, 1.807) is 6.20 Å². The number of pyridine rings is 2. The predicted molar refractivity (Wildman–Crippen MR) is 139 cm³/mol. The molecule has 8 nitrogen and oxygen atoms in total. The van der Waals surface area contributed by atoms with Crippen molar-refractivity contribution in [1.82, 2.24) is 34.7 Å². The number of rotatable bonds is 4. The molecule has 1 aromatic carbocycles. The van der Waals surface area contributed by atoms with Gasteiger partial charge in [-0.15, -0.1) is 0 Å². The van der Waals surface area contributed by atoms with E-state index in [9.17, 15) is 4.79 Å². The first-order chi connectivity index (χ1) is 17.7. The topological polar surface area (TPSA) is 90.9 Å². The van der Waals surface area contributed by atoms with Crippen LogP contribution in [0.2, 0.25) is 0 Å². The maximum absolute atomic E-state index is 12.9. The number of hydrogen-bond acceptors (Lipinski definition) is 6. The van der Waals surface area contributed by atoms with E-state index in [0.717, 1.165) is 59.6 Å². The zero-order valence-electron chi connectivity index (χ0n) is 19.9. The molecule has 0 atom stereocenters. The van der Waals surface area contributed by atoms with Crippen LogP contribution in [0.25, 0.3) is 44.9 Å². The number of hydrogen-bond donors (Lipinski definition) is 1. The molecule has 178 valence electrons. The molecule has 0 radical (unpaired) electrons. The molecule has 1 aliphatic heterocycles. The van der Waals surface area contributed by atoms with Gasteiger partial charge in [0, 0.05) is 73.0 Å². The number of aromatic amines is 1. The highest BCUT2D eigenvalue weighted by Crippen LogP contribution is 2.30. The number of likely N-dealkylation sites (N-methyl/N-ethyl adjacent to an activating group) is 1. The standard InChI is InChI=1S/C28H25N7O/c1-34-12-14-35(15-13-34)28(36)20-7-5-19(6-8-20)21-16-22(18-29-17-21)25-23-9-11-31-26(23)33-27(32-25)24-4-2-3-10-30-24/h2-11,16-18H,12-15H2,1H3,(H,31,32,33). The first-order valence-corrected chi connectivity index (χ1v) is 12.0. The Hall–Kier alpha value is -4.43. The van der Waals surface area contributed by atoms with Crippen LogP contribution in [-0.4, -0.2) is 73.9 Å². The summed E-state index contributed by atoms with van der Waals surface area (Å²) >= 11 is 0. The van der Waals surface area contributed by atoms with Crippen molar-refractivity contribution in [2.24, 2.45) is 0 Å². The van der Waals surface area contributed by atoms with E-state index >= 15 is 0 Å². The molecule has 1 amide bonds. The lowest BCUT2D eigenvalue weighted by Crippen LogP contribution is -2.47. The Labute approximate surface area is 208 Å². The summed E-state index contributed by atoms with van der Waals surface area (Å²) in [5.41, 5.74) is 5.78. The quantitative estimate of drug-likeness (QED) is 0.420. The van der Waals surface area contributed by atoms with Gasteiger partial charge >= 0.3 is 0 Å². The Bertz CT molecular complexity index is 1520. The minimum atomic E-state index is 0.0828. The fourth-order valence-electron chi connectivity index (χ4n) is 4.50. The van der Waals surface area contributed by atoms with Crippen molar-refractivity contribution < 1.29 is 4.79 Å². The number of carbonyl (C=O) groups excluding carboxylic acids is 1. The Balaban J connectivity index is 1.32. The smallest absolute Gasteiger partial charge is 0.253 e. The van der Waals surface area contributed by atoms with E-state index in [1.807, 2.05) is 72.0 Å². The average molecular weight is 476 g/mol. The largest absolute Gasteiger partial charge is 0.346 e. The van der Waals surface area contributed by atoms with E-state index < -0.39 is 0 Å². The lowest BCUT2D eigenvalue weighted by Gasteiger charge is -2.32. The van der Waals surface area contributed by atoms with Gasteiger partial charge in [0.15, 0.2) is 5.82 Å². The summed E-state index contributed by atoms with van der Waals surface area (Å²) < 4.78 is 0. The number of nitrogens with zero attached hydrogens (tertiary/aromatic N) is 6. The third-order valence-corrected chi connectivity index (χ3v) is 6.58. The summed E-state index contributed by atoms with van der Waals surface area (Å²) in [6.07, 6.45) is 7.23. The molecule has 1 fully saturated rings. The molecule has 1 aliphatic rings. The fraction of sp³-hybridized carbons (Fsp3) is 0.179. The van der Waals surface area contributed by atoms with Crippen LogP contribution in [0.1, 0.15) is 10.4 Å². The second-order valence-electron chi connectivity index (χ2n) is 8.99. The van der Waals surface area contributed by atoms with Crippen molar-refractivity contribution in [3.63, 3.8) is 0 Å². The second kappa shape index (κ2) is 9.31. The lowest BCUT2D eigenvalue weighted by atomic mass is 10.0. The first kappa shape index (κ1) is 22.1. The number of amides is 1. The van der Waals surface area contributed by atoms with E-state index in [-0.39, 0.29) is 5.91 Å². The predicted octanol–water partition coefficient (Wildman–Crippen LogP) is 4.14. The monoisotopic (exact) mass is 475 g/mol. The van der Waals surface area contributed by atoms with Crippen molar-refractivity contribution in [2.45, 2.75) is 0 Å². The molecule has 0 spiro atoms. The number of H-pyrrole nitrogens is 1. The van der Waals surface area contributed by atoms with Crippen LogP contribution < -0.4 is 0 Å². The van der Waals surface area contributed by atoms with Gasteiger partial charge in [-0.1, -0.05) is 18.2 Å². The highest BCUT2D eigenvalue weighted by Gasteiger charge is 2.20. The maximum atomic E-state index is 12.9. The van der Waals surface area contributed by atoms with Gasteiger partial charge in [-0.3, -0.25) is 14.8 Å². The maximum Gasteiger partial charge on any atom is 0.253 e. The molecule has 0 bridgehead atoms. The van der Waals surface area contributed by atoms with Crippen LogP contribution in [0, 0.1) is 0 Å². The van der Waals surface area contributed by atoms with E-state index in [2.05, 4.69) is 37.9 Å². The van der Waals surface area contributed by atoms with Crippen LogP contribution in [0.4, 0.5) is 0 Å². The SMILES string of the molecule is CN1CCN(C(=O)c2ccc(-c3cncc(-c4nc(-c5ccccn5)nc5[nH]ccc45)c3)cc2)CC1. The molecule has 5 heterocycles. The molecule has 8 heteroatoms. The van der Waals surface area contributed by atoms with Crippen molar-refractivity contribution in [2.75, 3.05) is 33.2 Å². The molecular formula is C28H25N7O. The Morgan fingerprint density at radius 3 is 2.47 bits per heavy atom. The molecule has 36 heavy (non-hydrogen) atoms. The summed E-state index contributed by atoms with van der Waals surface area (Å²) in [4.78, 5) is 38.7. The van der Waals surface area contributed by atoms with Crippen LogP contribution in [-0.2, 0) is 0 Å². The van der Waals surface area contributed by atoms with Crippen LogP contribution in [0.5, 0.6) is 0 Å². The Morgan fingerprint density at radius 1 is 0.889 bits per heavy atom. The minimum Gasteiger partial charge on any atom is -0.346 e. The number of fused-ring (bicyclic) bond motifs is 1. The van der Waals surface area contributed by atoms with Gasteiger partial charge in [-0.25, -0.2) is 9.97 Å². The number of piperazine rings is 1. The van der Waals surface area contributed by atoms with Crippen molar-refractivity contribution >= 4 is 16.9 Å². The number of aromatic nitrogens is 5. The van der Waals surface area contributed by atoms with Crippen molar-refractivity contribution in [3.8, 4) is 33.9 Å². The lowest BCUT2D eigenvalue weighted by molar-refractivity contribution is 0.0664. The van der Waals surface area contributed by atoms with Crippen LogP contribution in [0.15, 0.2) is 79.4 Å². The number of nitrogens with one attached hydrogen (secondary N) is 1. The molecule has 1 N–H and O–H groups in total. The van der Waals surface area contributed by atoms with Crippen LogP contribution in [0.3, 0.4) is 0 Å². The van der Waals surface area contributed by atoms with E-state index in [4.69, 9.17) is 4.98 Å². The average Bonchev–Trinajstić information content (AvgIpc) is 3.42. The van der Waals surface area contributed by atoms with Crippen molar-refractivity contribution in [1.29, 1.82) is 0 Å². The molecule has 1 saturated heterocycles. The molecule has 0 unspecified atom stereocenters. The second-order valence-corrected chi connectivity index (χ2v) is 8.99. The molecule has 6 rings (SSSR count). The summed E-state index contributed by atoms with van der Waals surface area (Å²) in [5.74, 6) is 0.636. The van der Waals surface area contributed by atoms with E-state index in [0.29, 0.717) is 17.1 Å². The number of benzene rings is 1. The van der Waals surface area contributed by atoms with Gasteiger partial charge in [0.05, 0.1) is 5.69 Å². The summed E-state index contributed by atoms with van der Waals surface area (Å²) in [6, 6.07) is 17.5. The summed E-state index contributed by atoms with van der Waals surface area (Å²) in [5, 5.41) is 0.918. The number of carbonyl (C=O) groups is 1. The van der Waals surface area contributed by atoms with Gasteiger partial charge < -0.3 is 14.8 Å². The van der Waals surface area contributed by atoms with Gasteiger partial charge in [0.25, 0.3) is 5.91 Å². The first-order valence-electron chi connectivity index (χ1n) is 12.0. The zero-order valence-corrected chi connectivity index (χ0v) is 19.9. The molecule has 5 aromatic rings. The zero-order chi connectivity index (χ0) is 24.5. The highest BCUT2D eigenvalue weighted by molar-refractivity contribution is 5.95. The van der Waals surface area contributed by atoms with Gasteiger partial charge in [0.2, 0.25) is 0 Å². The van der Waals surface area contributed by atoms with Gasteiger partial charge in [-0.05, 0) is 49.0 Å². The Morgan fingerprint density at radius 2 is 1.69 bits per heavy atom. The summed E-state index contributed by atoms with van der Waals surface area (Å²) in [6.45, 7) is 3.33. The minimum absolute atomic E-state index is 0.0828. The molecule has 0 aliphatic carbocycles. The van der Waals surface area contributed by atoms with E-state index in [1.165, 1.54) is 0 Å². The molecular weight excluding hydrogens is 450 g/mol. The third-order valence-electron chi connectivity index (χ3n) is 6.58. The molecule has 0 saturated carbocycles. The van der Waals surface area contributed by atoms with Gasteiger partial charge in [-0.2, -0.15) is 0 Å². The van der Waals surface area contributed by atoms with Gasteiger partial charge in [0.1, 0.15) is 11.3 Å². The third kappa shape index (κ3) is 4.23. The molecule has 4 aromatic heterocycles. The highest BCUT2D eigenvalue weighted by atomic mass is 16.2. The normalized spacial score (nSPS) is 14.3.